The Balaban J connectivity index is 2.00. The summed E-state index contributed by atoms with van der Waals surface area (Å²) in [5, 5.41) is 1.72. The van der Waals surface area contributed by atoms with E-state index < -0.39 is 0 Å². The highest BCUT2D eigenvalue weighted by atomic mass is 16.5. The Morgan fingerprint density at radius 2 is 1.74 bits per heavy atom. The van der Waals surface area contributed by atoms with Crippen LogP contribution >= 0.6 is 0 Å². The number of ether oxygens (including phenoxy) is 1. The molecule has 0 bridgehead atoms. The fourth-order valence-electron chi connectivity index (χ4n) is 3.80. The Hall–Kier alpha value is -3.53. The van der Waals surface area contributed by atoms with Gasteiger partial charge in [-0.25, -0.2) is 0 Å². The van der Waals surface area contributed by atoms with Gasteiger partial charge in [-0.15, -0.1) is 0 Å². The third-order valence-electron chi connectivity index (χ3n) is 5.10. The predicted molar refractivity (Wildman–Crippen MR) is 108 cm³/mol. The highest BCUT2D eigenvalue weighted by Crippen LogP contribution is 2.35. The first-order valence-corrected chi connectivity index (χ1v) is 8.86. The van der Waals surface area contributed by atoms with Crippen LogP contribution in [0.5, 0.6) is 5.75 Å². The summed E-state index contributed by atoms with van der Waals surface area (Å²) in [6, 6.07) is 20.0. The van der Waals surface area contributed by atoms with Crippen LogP contribution in [0.3, 0.4) is 0 Å². The number of methoxy groups -OCH3 is 1. The van der Waals surface area contributed by atoms with Crippen LogP contribution in [-0.2, 0) is 0 Å². The van der Waals surface area contributed by atoms with E-state index in [-0.39, 0.29) is 5.56 Å². The molecule has 2 aliphatic heterocycles. The molecule has 4 heteroatoms. The van der Waals surface area contributed by atoms with Gasteiger partial charge in [-0.2, -0.15) is 0 Å². The van der Waals surface area contributed by atoms with Crippen LogP contribution in [0.2, 0.25) is 0 Å². The van der Waals surface area contributed by atoms with Crippen LogP contribution < -0.4 is 10.3 Å². The lowest BCUT2D eigenvalue weighted by atomic mass is 10.1. The van der Waals surface area contributed by atoms with Gasteiger partial charge in [-0.3, -0.25) is 9.36 Å². The summed E-state index contributed by atoms with van der Waals surface area (Å²) < 4.78 is 9.22. The Morgan fingerprint density at radius 1 is 0.926 bits per heavy atom. The molecule has 3 heterocycles. The van der Waals surface area contributed by atoms with Gasteiger partial charge in [-0.05, 0) is 49.4 Å². The predicted octanol–water partition coefficient (Wildman–Crippen LogP) is 4.67. The molecule has 5 rings (SSSR count). The van der Waals surface area contributed by atoms with Gasteiger partial charge in [0, 0.05) is 28.7 Å². The molecule has 27 heavy (non-hydrogen) atoms. The van der Waals surface area contributed by atoms with Gasteiger partial charge in [0.05, 0.1) is 24.0 Å². The Morgan fingerprint density at radius 3 is 2.52 bits per heavy atom. The standard InChI is InChI=1S/C23H18N2O2/c1-15-6-11-19-20(13-15)23(26)25-14-17-5-3-4-12-24(17)21(22(19)25)16-7-9-18(27-2)10-8-16/h3-14H,1-2H3. The van der Waals surface area contributed by atoms with E-state index >= 15 is 0 Å². The average molecular weight is 354 g/mol. The molecule has 0 unspecified atom stereocenters. The van der Waals surface area contributed by atoms with E-state index in [1.807, 2.05) is 73.9 Å². The van der Waals surface area contributed by atoms with Gasteiger partial charge < -0.3 is 9.14 Å². The maximum absolute atomic E-state index is 13.1. The van der Waals surface area contributed by atoms with Crippen LogP contribution in [0, 0.1) is 6.92 Å². The summed E-state index contributed by atoms with van der Waals surface area (Å²) in [4.78, 5) is 13.1. The third kappa shape index (κ3) is 2.27. The average Bonchev–Trinajstić information content (AvgIpc) is 2.98. The molecule has 0 atom stereocenters. The van der Waals surface area contributed by atoms with E-state index in [9.17, 15) is 4.79 Å². The maximum Gasteiger partial charge on any atom is 0.263 e. The molecule has 0 fully saturated rings. The first-order valence-electron chi connectivity index (χ1n) is 8.86. The van der Waals surface area contributed by atoms with Crippen LogP contribution in [-0.4, -0.2) is 16.1 Å². The molecule has 0 radical (unpaired) electrons. The molecular formula is C23H18N2O2. The summed E-state index contributed by atoms with van der Waals surface area (Å²) in [7, 11) is 1.66. The minimum absolute atomic E-state index is 0.0183. The van der Waals surface area contributed by atoms with Gasteiger partial charge in [0.25, 0.3) is 5.56 Å². The third-order valence-corrected chi connectivity index (χ3v) is 5.10. The van der Waals surface area contributed by atoms with E-state index in [0.717, 1.165) is 44.5 Å². The lowest BCUT2D eigenvalue weighted by molar-refractivity contribution is 0.415. The molecule has 2 aromatic carbocycles. The van der Waals surface area contributed by atoms with Crippen molar-refractivity contribution >= 4 is 16.3 Å². The summed E-state index contributed by atoms with van der Waals surface area (Å²) >= 11 is 0. The zero-order valence-corrected chi connectivity index (χ0v) is 15.1. The van der Waals surface area contributed by atoms with Crippen LogP contribution in [0.1, 0.15) is 5.56 Å². The van der Waals surface area contributed by atoms with E-state index in [1.165, 1.54) is 0 Å². The molecule has 2 aliphatic rings. The van der Waals surface area contributed by atoms with E-state index in [0.29, 0.717) is 0 Å². The van der Waals surface area contributed by atoms with Crippen molar-refractivity contribution < 1.29 is 4.74 Å². The van der Waals surface area contributed by atoms with Crippen LogP contribution in [0.4, 0.5) is 0 Å². The fraction of sp³-hybridized carbons (Fsp3) is 0.0870. The second kappa shape index (κ2) is 5.74. The van der Waals surface area contributed by atoms with Gasteiger partial charge in [-0.1, -0.05) is 23.8 Å². The number of hydrogen-bond acceptors (Lipinski definition) is 2. The number of rotatable bonds is 2. The SMILES string of the molecule is COc1ccc(-c2c3c4ccc(C)cc4c(=O)n-3cc3ccccn23)cc1. The van der Waals surface area contributed by atoms with Crippen LogP contribution in [0.15, 0.2) is 77.9 Å². The quantitative estimate of drug-likeness (QED) is 0.462. The van der Waals surface area contributed by atoms with E-state index in [1.54, 1.807) is 11.7 Å². The smallest absolute Gasteiger partial charge is 0.263 e. The molecule has 0 saturated carbocycles. The van der Waals surface area contributed by atoms with Gasteiger partial charge in [0.15, 0.2) is 0 Å². The Bertz CT molecular complexity index is 1330. The minimum atomic E-state index is 0.0183. The molecule has 0 spiro atoms. The number of fused-ring (bicyclic) bond motifs is 4. The van der Waals surface area contributed by atoms with Crippen molar-refractivity contribution in [2.24, 2.45) is 0 Å². The molecule has 132 valence electrons. The molecule has 0 amide bonds. The monoisotopic (exact) mass is 354 g/mol. The molecule has 4 nitrogen and oxygen atoms in total. The molecule has 0 N–H and O–H groups in total. The van der Waals surface area contributed by atoms with Crippen molar-refractivity contribution in [1.82, 2.24) is 8.97 Å². The van der Waals surface area contributed by atoms with Gasteiger partial charge in [0.2, 0.25) is 0 Å². The highest BCUT2D eigenvalue weighted by molar-refractivity contribution is 5.98. The largest absolute Gasteiger partial charge is 0.497 e. The number of pyridine rings is 1. The van der Waals surface area contributed by atoms with E-state index in [4.69, 9.17) is 4.74 Å². The van der Waals surface area contributed by atoms with Crippen molar-refractivity contribution in [3.8, 4) is 22.7 Å². The van der Waals surface area contributed by atoms with Gasteiger partial charge in [0.1, 0.15) is 5.75 Å². The van der Waals surface area contributed by atoms with Crippen molar-refractivity contribution in [2.75, 3.05) is 7.11 Å². The minimum Gasteiger partial charge on any atom is -0.497 e. The molecular weight excluding hydrogens is 336 g/mol. The lowest BCUT2D eigenvalue weighted by Gasteiger charge is -2.17. The van der Waals surface area contributed by atoms with Crippen LogP contribution in [0.25, 0.3) is 33.2 Å². The van der Waals surface area contributed by atoms with E-state index in [2.05, 4.69) is 10.5 Å². The molecule has 0 aliphatic carbocycles. The second-order valence-corrected chi connectivity index (χ2v) is 6.77. The summed E-state index contributed by atoms with van der Waals surface area (Å²) in [5.74, 6) is 0.806. The first kappa shape index (κ1) is 15.7. The number of aryl methyl sites for hydroxylation is 1. The highest BCUT2D eigenvalue weighted by Gasteiger charge is 2.21. The zero-order valence-electron chi connectivity index (χ0n) is 15.1. The molecule has 3 aromatic rings. The Kier molecular flexibility index (Phi) is 3.34. The first-order chi connectivity index (χ1) is 13.2. The summed E-state index contributed by atoms with van der Waals surface area (Å²) in [6.45, 7) is 2.01. The van der Waals surface area contributed by atoms with Crippen molar-refractivity contribution in [3.63, 3.8) is 0 Å². The van der Waals surface area contributed by atoms with Crippen molar-refractivity contribution in [2.45, 2.75) is 6.92 Å². The van der Waals surface area contributed by atoms with Crippen molar-refractivity contribution in [3.05, 3.63) is 89.0 Å². The molecule has 0 saturated heterocycles. The Labute approximate surface area is 156 Å². The van der Waals surface area contributed by atoms with Gasteiger partial charge >= 0.3 is 0 Å². The normalized spacial score (nSPS) is 11.5. The fourth-order valence-corrected chi connectivity index (χ4v) is 3.80. The number of nitrogens with zero attached hydrogens (tertiary/aromatic N) is 2. The van der Waals surface area contributed by atoms with Crippen molar-refractivity contribution in [1.29, 1.82) is 0 Å². The number of aromatic nitrogens is 2. The zero-order chi connectivity index (χ0) is 18.5. The number of benzene rings is 2. The number of hydrogen-bond donors (Lipinski definition) is 0. The second-order valence-electron chi connectivity index (χ2n) is 6.77. The summed E-state index contributed by atoms with van der Waals surface area (Å²) in [6.07, 6.45) is 3.95. The summed E-state index contributed by atoms with van der Waals surface area (Å²) in [5.41, 5.74) is 5.01. The molecule has 1 aromatic heterocycles. The topological polar surface area (TPSA) is 35.6 Å². The maximum atomic E-state index is 13.1. The lowest BCUT2D eigenvalue weighted by Crippen LogP contribution is -2.14.